The van der Waals surface area contributed by atoms with Crippen LogP contribution in [0.2, 0.25) is 0 Å². The SMILES string of the molecule is CC(C)(C)c1ccc(CNCCc2ncc[nH]2)s1. The van der Waals surface area contributed by atoms with Crippen molar-refractivity contribution in [3.8, 4) is 0 Å². The van der Waals surface area contributed by atoms with E-state index < -0.39 is 0 Å². The van der Waals surface area contributed by atoms with E-state index >= 15 is 0 Å². The van der Waals surface area contributed by atoms with E-state index in [1.165, 1.54) is 9.75 Å². The minimum Gasteiger partial charge on any atom is -0.349 e. The van der Waals surface area contributed by atoms with Gasteiger partial charge in [0.25, 0.3) is 0 Å². The van der Waals surface area contributed by atoms with Crippen molar-refractivity contribution in [2.24, 2.45) is 0 Å². The average molecular weight is 263 g/mol. The zero-order valence-corrected chi connectivity index (χ0v) is 12.1. The average Bonchev–Trinajstić information content (AvgIpc) is 2.95. The van der Waals surface area contributed by atoms with Crippen molar-refractivity contribution < 1.29 is 0 Å². The van der Waals surface area contributed by atoms with Gasteiger partial charge in [0.2, 0.25) is 0 Å². The number of hydrogen-bond donors (Lipinski definition) is 2. The number of aromatic amines is 1. The van der Waals surface area contributed by atoms with Gasteiger partial charge in [0.05, 0.1) is 0 Å². The lowest BCUT2D eigenvalue weighted by Gasteiger charge is -2.15. The minimum absolute atomic E-state index is 0.261. The lowest BCUT2D eigenvalue weighted by atomic mass is 9.95. The van der Waals surface area contributed by atoms with Gasteiger partial charge >= 0.3 is 0 Å². The van der Waals surface area contributed by atoms with Crippen molar-refractivity contribution in [1.82, 2.24) is 15.3 Å². The molecule has 0 amide bonds. The van der Waals surface area contributed by atoms with Crippen LogP contribution in [-0.4, -0.2) is 16.5 Å². The molecule has 3 nitrogen and oxygen atoms in total. The molecule has 0 aliphatic carbocycles. The number of H-pyrrole nitrogens is 1. The molecule has 0 unspecified atom stereocenters. The molecule has 0 fully saturated rings. The molecule has 0 spiro atoms. The molecule has 18 heavy (non-hydrogen) atoms. The molecule has 2 rings (SSSR count). The van der Waals surface area contributed by atoms with Gasteiger partial charge in [0, 0.05) is 41.7 Å². The second-order valence-corrected chi connectivity index (χ2v) is 6.65. The zero-order valence-electron chi connectivity index (χ0n) is 11.3. The highest BCUT2D eigenvalue weighted by atomic mass is 32.1. The van der Waals surface area contributed by atoms with E-state index in [9.17, 15) is 0 Å². The summed E-state index contributed by atoms with van der Waals surface area (Å²) in [5, 5.41) is 3.46. The summed E-state index contributed by atoms with van der Waals surface area (Å²) in [7, 11) is 0. The summed E-state index contributed by atoms with van der Waals surface area (Å²) in [6, 6.07) is 4.47. The van der Waals surface area contributed by atoms with Crippen molar-refractivity contribution in [2.75, 3.05) is 6.54 Å². The third-order valence-corrected chi connectivity index (χ3v) is 4.30. The Morgan fingerprint density at radius 2 is 2.17 bits per heavy atom. The number of nitrogens with zero attached hydrogens (tertiary/aromatic N) is 1. The third-order valence-electron chi connectivity index (χ3n) is 2.79. The molecular formula is C14H21N3S. The molecule has 0 bridgehead atoms. The Labute approximate surface area is 113 Å². The molecule has 98 valence electrons. The van der Waals surface area contributed by atoms with Crippen LogP contribution in [0, 0.1) is 0 Å². The lowest BCUT2D eigenvalue weighted by Crippen LogP contribution is -2.16. The van der Waals surface area contributed by atoms with Crippen LogP contribution >= 0.6 is 11.3 Å². The number of thiophene rings is 1. The van der Waals surface area contributed by atoms with Crippen LogP contribution in [0.4, 0.5) is 0 Å². The van der Waals surface area contributed by atoms with Gasteiger partial charge in [-0.3, -0.25) is 0 Å². The van der Waals surface area contributed by atoms with Crippen molar-refractivity contribution in [3.05, 3.63) is 40.1 Å². The summed E-state index contributed by atoms with van der Waals surface area (Å²) in [6.07, 6.45) is 4.61. The summed E-state index contributed by atoms with van der Waals surface area (Å²) in [4.78, 5) is 10.2. The number of rotatable bonds is 5. The first-order chi connectivity index (χ1) is 8.55. The highest BCUT2D eigenvalue weighted by molar-refractivity contribution is 7.12. The van der Waals surface area contributed by atoms with Crippen LogP contribution in [0.3, 0.4) is 0 Å². The number of aromatic nitrogens is 2. The van der Waals surface area contributed by atoms with Crippen molar-refractivity contribution in [1.29, 1.82) is 0 Å². The van der Waals surface area contributed by atoms with E-state index in [1.54, 1.807) is 6.20 Å². The van der Waals surface area contributed by atoms with Gasteiger partial charge in [-0.25, -0.2) is 4.98 Å². The fraction of sp³-hybridized carbons (Fsp3) is 0.500. The van der Waals surface area contributed by atoms with Gasteiger partial charge in [0.15, 0.2) is 0 Å². The predicted molar refractivity (Wildman–Crippen MR) is 77.0 cm³/mol. The standard InChI is InChI=1S/C14H21N3S/c1-14(2,3)12-5-4-11(18-12)10-15-7-6-13-16-8-9-17-13/h4-5,8-9,15H,6-7,10H2,1-3H3,(H,16,17). The van der Waals surface area contributed by atoms with E-state index in [-0.39, 0.29) is 5.41 Å². The largest absolute Gasteiger partial charge is 0.349 e. The molecule has 0 aliphatic heterocycles. The Morgan fingerprint density at radius 3 is 2.78 bits per heavy atom. The van der Waals surface area contributed by atoms with Crippen LogP contribution in [0.15, 0.2) is 24.5 Å². The Bertz CT molecular complexity index is 465. The van der Waals surface area contributed by atoms with Crippen molar-refractivity contribution in [2.45, 2.75) is 39.2 Å². The molecule has 0 saturated heterocycles. The fourth-order valence-corrected chi connectivity index (χ4v) is 2.76. The van der Waals surface area contributed by atoms with Gasteiger partial charge in [-0.15, -0.1) is 11.3 Å². The van der Waals surface area contributed by atoms with E-state index in [1.807, 2.05) is 17.5 Å². The van der Waals surface area contributed by atoms with Crippen molar-refractivity contribution >= 4 is 11.3 Å². The molecule has 0 saturated carbocycles. The van der Waals surface area contributed by atoms with Gasteiger partial charge in [0.1, 0.15) is 5.82 Å². The summed E-state index contributed by atoms with van der Waals surface area (Å²) < 4.78 is 0. The normalized spacial score (nSPS) is 11.9. The van der Waals surface area contributed by atoms with Crippen LogP contribution in [0.25, 0.3) is 0 Å². The highest BCUT2D eigenvalue weighted by Gasteiger charge is 2.15. The van der Waals surface area contributed by atoms with Gasteiger partial charge < -0.3 is 10.3 Å². The maximum absolute atomic E-state index is 4.20. The lowest BCUT2D eigenvalue weighted by molar-refractivity contribution is 0.604. The number of nitrogens with one attached hydrogen (secondary N) is 2. The summed E-state index contributed by atoms with van der Waals surface area (Å²) in [5.41, 5.74) is 0.261. The minimum atomic E-state index is 0.261. The summed E-state index contributed by atoms with van der Waals surface area (Å²) in [6.45, 7) is 8.67. The van der Waals surface area contributed by atoms with E-state index in [0.29, 0.717) is 0 Å². The summed E-state index contributed by atoms with van der Waals surface area (Å²) >= 11 is 1.90. The Kier molecular flexibility index (Phi) is 4.19. The molecule has 4 heteroatoms. The first-order valence-electron chi connectivity index (χ1n) is 6.34. The van der Waals surface area contributed by atoms with Crippen LogP contribution in [-0.2, 0) is 18.4 Å². The predicted octanol–water partition coefficient (Wildman–Crippen LogP) is 3.10. The monoisotopic (exact) mass is 263 g/mol. The molecule has 0 atom stereocenters. The first kappa shape index (κ1) is 13.3. The van der Waals surface area contributed by atoms with Crippen LogP contribution in [0.5, 0.6) is 0 Å². The second kappa shape index (κ2) is 5.67. The van der Waals surface area contributed by atoms with Crippen LogP contribution in [0.1, 0.15) is 36.3 Å². The summed E-state index contributed by atoms with van der Waals surface area (Å²) in [5.74, 6) is 1.05. The van der Waals surface area contributed by atoms with E-state index in [4.69, 9.17) is 0 Å². The van der Waals surface area contributed by atoms with E-state index in [0.717, 1.165) is 25.3 Å². The maximum atomic E-state index is 4.20. The Balaban J connectivity index is 1.75. The zero-order chi connectivity index (χ0) is 13.0. The van der Waals surface area contributed by atoms with Gasteiger partial charge in [-0.1, -0.05) is 20.8 Å². The van der Waals surface area contributed by atoms with Gasteiger partial charge in [-0.05, 0) is 17.5 Å². The smallest absolute Gasteiger partial charge is 0.107 e. The molecule has 2 aromatic heterocycles. The quantitative estimate of drug-likeness (QED) is 0.814. The maximum Gasteiger partial charge on any atom is 0.107 e. The molecule has 0 aliphatic rings. The molecule has 2 heterocycles. The Hall–Kier alpha value is -1.13. The molecule has 2 N–H and O–H groups in total. The third kappa shape index (κ3) is 3.68. The van der Waals surface area contributed by atoms with Crippen molar-refractivity contribution in [3.63, 3.8) is 0 Å². The first-order valence-corrected chi connectivity index (χ1v) is 7.15. The van der Waals surface area contributed by atoms with Crippen LogP contribution < -0.4 is 5.32 Å². The molecular weight excluding hydrogens is 242 g/mol. The van der Waals surface area contributed by atoms with Gasteiger partial charge in [-0.2, -0.15) is 0 Å². The topological polar surface area (TPSA) is 40.7 Å². The van der Waals surface area contributed by atoms with E-state index in [2.05, 4.69) is 48.2 Å². The number of imidazole rings is 1. The Morgan fingerprint density at radius 1 is 1.33 bits per heavy atom. The highest BCUT2D eigenvalue weighted by Crippen LogP contribution is 2.29. The molecule has 0 radical (unpaired) electrons. The number of hydrogen-bond acceptors (Lipinski definition) is 3. The second-order valence-electron chi connectivity index (χ2n) is 5.48. The molecule has 2 aromatic rings. The molecule has 0 aromatic carbocycles. The fourth-order valence-electron chi connectivity index (χ4n) is 1.73.